The average molecular weight is 304 g/mol. The van der Waals surface area contributed by atoms with Crippen LogP contribution in [0.1, 0.15) is 24.1 Å². The monoisotopic (exact) mass is 304 g/mol. The normalized spacial score (nSPS) is 17.8. The van der Waals surface area contributed by atoms with E-state index in [1.54, 1.807) is 6.92 Å². The van der Waals surface area contributed by atoms with Crippen LogP contribution in [0.5, 0.6) is 0 Å². The molecule has 118 valence electrons. The van der Waals surface area contributed by atoms with Gasteiger partial charge in [-0.3, -0.25) is 0 Å². The predicted molar refractivity (Wildman–Crippen MR) is 81.1 cm³/mol. The quantitative estimate of drug-likeness (QED) is 0.642. The van der Waals surface area contributed by atoms with Gasteiger partial charge in [-0.1, -0.05) is 29.8 Å². The van der Waals surface area contributed by atoms with Crippen LogP contribution in [0.3, 0.4) is 0 Å². The highest BCUT2D eigenvalue weighted by atomic mass is 16.6. The number of hydrogen-bond donors (Lipinski definition) is 2. The van der Waals surface area contributed by atoms with Crippen molar-refractivity contribution >= 4 is 12.0 Å². The Bertz CT molecular complexity index is 610. The molecule has 1 atom stereocenters. The van der Waals surface area contributed by atoms with Crippen molar-refractivity contribution < 1.29 is 19.1 Å². The van der Waals surface area contributed by atoms with Gasteiger partial charge >= 0.3 is 12.0 Å². The number of benzene rings is 1. The topological polar surface area (TPSA) is 76.7 Å². The first-order valence-electron chi connectivity index (χ1n) is 7.04. The van der Waals surface area contributed by atoms with E-state index in [0.717, 1.165) is 11.1 Å². The van der Waals surface area contributed by atoms with Crippen molar-refractivity contribution in [1.82, 2.24) is 10.6 Å². The van der Waals surface area contributed by atoms with Crippen LogP contribution in [-0.2, 0) is 14.3 Å². The first-order valence-corrected chi connectivity index (χ1v) is 7.04. The Balaban J connectivity index is 2.30. The first-order chi connectivity index (χ1) is 10.5. The summed E-state index contributed by atoms with van der Waals surface area (Å²) in [6, 6.07) is 6.80. The second kappa shape index (κ2) is 7.09. The van der Waals surface area contributed by atoms with Crippen LogP contribution in [-0.4, -0.2) is 32.3 Å². The van der Waals surface area contributed by atoms with E-state index in [2.05, 4.69) is 10.6 Å². The van der Waals surface area contributed by atoms with Gasteiger partial charge in [0, 0.05) is 12.8 Å². The maximum absolute atomic E-state index is 12.3. The zero-order valence-corrected chi connectivity index (χ0v) is 12.9. The highest BCUT2D eigenvalue weighted by Crippen LogP contribution is 2.27. The number of methoxy groups -OCH3 is 1. The Hall–Kier alpha value is -2.34. The fourth-order valence-electron chi connectivity index (χ4n) is 2.36. The lowest BCUT2D eigenvalue weighted by atomic mass is 9.94. The van der Waals surface area contributed by atoms with Crippen molar-refractivity contribution in [3.8, 4) is 0 Å². The number of ether oxygens (including phenoxy) is 2. The number of amides is 2. The summed E-state index contributed by atoms with van der Waals surface area (Å²) in [6.07, 6.45) is 0. The van der Waals surface area contributed by atoms with E-state index in [1.165, 1.54) is 7.11 Å². The van der Waals surface area contributed by atoms with Gasteiger partial charge in [0.15, 0.2) is 0 Å². The average Bonchev–Trinajstić information content (AvgIpc) is 2.46. The molecule has 0 bridgehead atoms. The van der Waals surface area contributed by atoms with Gasteiger partial charge in [0.2, 0.25) is 0 Å². The van der Waals surface area contributed by atoms with Crippen LogP contribution >= 0.6 is 0 Å². The zero-order valence-electron chi connectivity index (χ0n) is 12.9. The van der Waals surface area contributed by atoms with Gasteiger partial charge in [-0.25, -0.2) is 9.59 Å². The van der Waals surface area contributed by atoms with Gasteiger partial charge in [0.1, 0.15) is 6.61 Å². The van der Waals surface area contributed by atoms with Gasteiger partial charge in [-0.05, 0) is 19.4 Å². The number of allylic oxidation sites excluding steroid dienone is 1. The minimum atomic E-state index is -0.524. The van der Waals surface area contributed by atoms with Crippen LogP contribution in [0.15, 0.2) is 35.5 Å². The van der Waals surface area contributed by atoms with E-state index in [-0.39, 0.29) is 12.6 Å². The second-order valence-electron chi connectivity index (χ2n) is 5.11. The second-order valence-corrected chi connectivity index (χ2v) is 5.11. The number of carbonyl (C=O) groups excluding carboxylic acids is 2. The molecule has 0 fully saturated rings. The van der Waals surface area contributed by atoms with Gasteiger partial charge in [0.25, 0.3) is 0 Å². The summed E-state index contributed by atoms with van der Waals surface area (Å²) in [5.74, 6) is -0.464. The third-order valence-electron chi connectivity index (χ3n) is 3.39. The summed E-state index contributed by atoms with van der Waals surface area (Å²) in [5, 5.41) is 5.38. The maximum atomic E-state index is 12.3. The van der Waals surface area contributed by atoms with Gasteiger partial charge in [-0.2, -0.15) is 0 Å². The molecule has 1 aliphatic rings. The summed E-state index contributed by atoms with van der Waals surface area (Å²) in [7, 11) is 1.54. The van der Waals surface area contributed by atoms with Crippen molar-refractivity contribution in [3.63, 3.8) is 0 Å². The number of esters is 1. The molecule has 0 saturated heterocycles. The smallest absolute Gasteiger partial charge is 0.338 e. The van der Waals surface area contributed by atoms with E-state index in [0.29, 0.717) is 17.9 Å². The lowest BCUT2D eigenvalue weighted by Gasteiger charge is -2.28. The van der Waals surface area contributed by atoms with Crippen molar-refractivity contribution in [2.75, 3.05) is 20.3 Å². The molecule has 0 radical (unpaired) electrons. The number of hydrogen-bond acceptors (Lipinski definition) is 4. The maximum Gasteiger partial charge on any atom is 0.338 e. The summed E-state index contributed by atoms with van der Waals surface area (Å²) in [4.78, 5) is 24.1. The lowest BCUT2D eigenvalue weighted by molar-refractivity contribution is -0.140. The van der Waals surface area contributed by atoms with E-state index in [1.807, 2.05) is 31.2 Å². The molecule has 0 spiro atoms. The first kappa shape index (κ1) is 16.0. The van der Waals surface area contributed by atoms with Crippen LogP contribution in [0.2, 0.25) is 0 Å². The fraction of sp³-hybridized carbons (Fsp3) is 0.375. The van der Waals surface area contributed by atoms with Crippen molar-refractivity contribution in [1.29, 1.82) is 0 Å². The molecule has 0 saturated carbocycles. The third-order valence-corrected chi connectivity index (χ3v) is 3.39. The molecule has 1 aromatic rings. The predicted octanol–water partition coefficient (Wildman–Crippen LogP) is 1.81. The molecular weight excluding hydrogens is 284 g/mol. The minimum Gasteiger partial charge on any atom is -0.460 e. The van der Waals surface area contributed by atoms with Gasteiger partial charge < -0.3 is 20.1 Å². The summed E-state index contributed by atoms with van der Waals surface area (Å²) < 4.78 is 10.1. The number of aryl methyl sites for hydroxylation is 1. The van der Waals surface area contributed by atoms with Crippen LogP contribution < -0.4 is 10.6 Å². The molecule has 2 rings (SSSR count). The summed E-state index contributed by atoms with van der Waals surface area (Å²) in [5.41, 5.74) is 2.79. The molecule has 1 aliphatic heterocycles. The van der Waals surface area contributed by atoms with E-state index >= 15 is 0 Å². The fourth-order valence-corrected chi connectivity index (χ4v) is 2.36. The summed E-state index contributed by atoms with van der Waals surface area (Å²) >= 11 is 0. The number of carbonyl (C=O) groups is 2. The third kappa shape index (κ3) is 3.65. The molecule has 22 heavy (non-hydrogen) atoms. The Labute approximate surface area is 129 Å². The van der Waals surface area contributed by atoms with Crippen molar-refractivity contribution in [2.45, 2.75) is 19.9 Å². The largest absolute Gasteiger partial charge is 0.460 e. The van der Waals surface area contributed by atoms with E-state index in [4.69, 9.17) is 9.47 Å². The van der Waals surface area contributed by atoms with Gasteiger partial charge in [-0.15, -0.1) is 0 Å². The van der Waals surface area contributed by atoms with Crippen molar-refractivity contribution in [3.05, 3.63) is 46.7 Å². The molecule has 1 heterocycles. The number of urea groups is 1. The molecule has 0 aromatic heterocycles. The zero-order chi connectivity index (χ0) is 16.1. The molecule has 6 heteroatoms. The molecule has 2 amide bonds. The molecule has 2 N–H and O–H groups in total. The highest BCUT2D eigenvalue weighted by molar-refractivity contribution is 5.95. The highest BCUT2D eigenvalue weighted by Gasteiger charge is 2.32. The standard InChI is InChI=1S/C16H20N2O4/c1-10-5-4-6-12(9-10)14-13(11(2)17-16(20)18-14)15(19)22-8-7-21-3/h4-6,9,14H,7-8H2,1-3H3,(H2,17,18,20)/t14-/m1/s1. The lowest BCUT2D eigenvalue weighted by Crippen LogP contribution is -2.45. The van der Waals surface area contributed by atoms with E-state index < -0.39 is 12.0 Å². The van der Waals surface area contributed by atoms with E-state index in [9.17, 15) is 9.59 Å². The van der Waals surface area contributed by atoms with Crippen LogP contribution in [0, 0.1) is 6.92 Å². The Morgan fingerprint density at radius 3 is 2.73 bits per heavy atom. The van der Waals surface area contributed by atoms with Crippen molar-refractivity contribution in [2.24, 2.45) is 0 Å². The number of rotatable bonds is 5. The molecule has 0 aliphatic carbocycles. The minimum absolute atomic E-state index is 0.167. The molecule has 1 aromatic carbocycles. The Morgan fingerprint density at radius 2 is 2.05 bits per heavy atom. The van der Waals surface area contributed by atoms with Gasteiger partial charge in [0.05, 0.1) is 18.2 Å². The Morgan fingerprint density at radius 1 is 1.27 bits per heavy atom. The number of nitrogens with one attached hydrogen (secondary N) is 2. The Kier molecular flexibility index (Phi) is 5.16. The summed E-state index contributed by atoms with van der Waals surface area (Å²) in [6.45, 7) is 4.14. The SMILES string of the molecule is COCCOC(=O)C1=C(C)NC(=O)N[C@@H]1c1cccc(C)c1. The molecule has 6 nitrogen and oxygen atoms in total. The molecular formula is C16H20N2O4. The molecule has 0 unspecified atom stereocenters. The van der Waals surface area contributed by atoms with Crippen LogP contribution in [0.25, 0.3) is 0 Å². The van der Waals surface area contributed by atoms with Crippen LogP contribution in [0.4, 0.5) is 4.79 Å².